The summed E-state index contributed by atoms with van der Waals surface area (Å²) < 4.78 is 1.99. The number of allylic oxidation sites excluding steroid dienone is 1. The maximum atomic E-state index is 4.77. The molecular weight excluding hydrogens is 459 g/mol. The van der Waals surface area contributed by atoms with Gasteiger partial charge in [0.1, 0.15) is 12.4 Å². The highest BCUT2D eigenvalue weighted by Gasteiger charge is 2.08. The van der Waals surface area contributed by atoms with Crippen LogP contribution >= 0.6 is 35.7 Å². The number of halogens is 1. The molecule has 0 amide bonds. The van der Waals surface area contributed by atoms with Gasteiger partial charge in [-0.1, -0.05) is 12.5 Å². The first-order valence-corrected chi connectivity index (χ1v) is 10.4. The molecule has 0 aliphatic rings. The molecule has 1 aromatic rings. The number of nitrogens with one attached hydrogen (secondary N) is 1. The first kappa shape index (κ1) is 25.2. The van der Waals surface area contributed by atoms with Crippen molar-refractivity contribution in [2.75, 3.05) is 32.1 Å². The van der Waals surface area contributed by atoms with E-state index in [0.717, 1.165) is 49.3 Å². The van der Waals surface area contributed by atoms with Gasteiger partial charge in [0.2, 0.25) is 0 Å². The van der Waals surface area contributed by atoms with Crippen LogP contribution in [0, 0.1) is 6.92 Å². The van der Waals surface area contributed by atoms with E-state index in [4.69, 9.17) is 4.99 Å². The van der Waals surface area contributed by atoms with Gasteiger partial charge in [-0.2, -0.15) is 11.8 Å². The van der Waals surface area contributed by atoms with Crippen molar-refractivity contribution < 1.29 is 0 Å². The lowest BCUT2D eigenvalue weighted by atomic mass is 10.2. The van der Waals surface area contributed by atoms with E-state index in [9.17, 15) is 0 Å². The highest BCUT2D eigenvalue weighted by Crippen LogP contribution is 2.04. The monoisotopic (exact) mass is 494 g/mol. The van der Waals surface area contributed by atoms with Crippen LogP contribution in [0.4, 0.5) is 0 Å². The van der Waals surface area contributed by atoms with Crippen molar-refractivity contribution in [2.24, 2.45) is 12.0 Å². The van der Waals surface area contributed by atoms with E-state index in [1.807, 2.05) is 36.4 Å². The van der Waals surface area contributed by atoms with Gasteiger partial charge in [-0.15, -0.1) is 40.8 Å². The topological polar surface area (TPSA) is 58.3 Å². The second-order valence-electron chi connectivity index (χ2n) is 6.19. The SMILES string of the molecule is C=CCCCCCN(C)C(=NCc1nnc(C)n1C)NCCCSC.I. The Hall–Kier alpha value is -0.770. The lowest BCUT2D eigenvalue weighted by Crippen LogP contribution is -2.40. The fourth-order valence-electron chi connectivity index (χ4n) is 2.38. The summed E-state index contributed by atoms with van der Waals surface area (Å²) >= 11 is 1.87. The predicted molar refractivity (Wildman–Crippen MR) is 125 cm³/mol. The summed E-state index contributed by atoms with van der Waals surface area (Å²) in [5.41, 5.74) is 0. The molecule has 26 heavy (non-hydrogen) atoms. The molecule has 0 saturated heterocycles. The quantitative estimate of drug-likeness (QED) is 0.158. The average molecular weight is 494 g/mol. The molecule has 0 atom stereocenters. The summed E-state index contributed by atoms with van der Waals surface area (Å²) in [5.74, 6) is 3.91. The number of hydrogen-bond acceptors (Lipinski definition) is 4. The molecule has 0 aliphatic carbocycles. The van der Waals surface area contributed by atoms with Crippen molar-refractivity contribution in [3.05, 3.63) is 24.3 Å². The highest BCUT2D eigenvalue weighted by molar-refractivity contribution is 14.0. The van der Waals surface area contributed by atoms with E-state index in [1.54, 1.807) is 0 Å². The number of nitrogens with zero attached hydrogens (tertiary/aromatic N) is 5. The summed E-state index contributed by atoms with van der Waals surface area (Å²) in [5, 5.41) is 11.8. The van der Waals surface area contributed by atoms with Crippen molar-refractivity contribution in [1.29, 1.82) is 0 Å². The third-order valence-electron chi connectivity index (χ3n) is 4.12. The molecule has 0 saturated carbocycles. The molecule has 1 heterocycles. The van der Waals surface area contributed by atoms with E-state index in [-0.39, 0.29) is 24.0 Å². The van der Waals surface area contributed by atoms with Gasteiger partial charge in [-0.05, 0) is 44.6 Å². The summed E-state index contributed by atoms with van der Waals surface area (Å²) in [6.07, 6.45) is 9.97. The van der Waals surface area contributed by atoms with Gasteiger partial charge >= 0.3 is 0 Å². The van der Waals surface area contributed by atoms with Crippen LogP contribution in [0.1, 0.15) is 43.8 Å². The Morgan fingerprint density at radius 1 is 1.31 bits per heavy atom. The van der Waals surface area contributed by atoms with Crippen LogP contribution in [0.5, 0.6) is 0 Å². The number of hydrogen-bond donors (Lipinski definition) is 1. The van der Waals surface area contributed by atoms with Crippen molar-refractivity contribution in [2.45, 2.75) is 45.6 Å². The van der Waals surface area contributed by atoms with Crippen LogP contribution in [0.15, 0.2) is 17.6 Å². The van der Waals surface area contributed by atoms with Gasteiger partial charge in [0, 0.05) is 27.2 Å². The van der Waals surface area contributed by atoms with Gasteiger partial charge in [-0.3, -0.25) is 0 Å². The standard InChI is InChI=1S/C18H34N6S.HI/c1-6-7-8-9-10-13-23(3)18(19-12-11-14-25-5)20-15-17-22-21-16(2)24(17)4;/h6H,1,7-15H2,2-5H3,(H,19,20);1H. The van der Waals surface area contributed by atoms with E-state index < -0.39 is 0 Å². The number of aromatic nitrogens is 3. The summed E-state index contributed by atoms with van der Waals surface area (Å²) in [7, 11) is 4.09. The van der Waals surface area contributed by atoms with E-state index in [0.29, 0.717) is 6.54 Å². The van der Waals surface area contributed by atoms with Crippen LogP contribution in [0.25, 0.3) is 0 Å². The van der Waals surface area contributed by atoms with Crippen LogP contribution in [-0.4, -0.2) is 57.8 Å². The number of aliphatic imine (C=N–C) groups is 1. The molecule has 0 aromatic carbocycles. The zero-order valence-corrected chi connectivity index (χ0v) is 19.8. The second kappa shape index (κ2) is 15.3. The van der Waals surface area contributed by atoms with Gasteiger partial charge in [0.25, 0.3) is 0 Å². The highest BCUT2D eigenvalue weighted by atomic mass is 127. The average Bonchev–Trinajstić information content (AvgIpc) is 2.92. The maximum absolute atomic E-state index is 4.77. The Morgan fingerprint density at radius 3 is 2.69 bits per heavy atom. The normalized spacial score (nSPS) is 11.2. The first-order chi connectivity index (χ1) is 12.1. The third-order valence-corrected chi connectivity index (χ3v) is 4.82. The molecule has 8 heteroatoms. The van der Waals surface area contributed by atoms with Crippen molar-refractivity contribution in [3.63, 3.8) is 0 Å². The van der Waals surface area contributed by atoms with Gasteiger partial charge < -0.3 is 14.8 Å². The van der Waals surface area contributed by atoms with Gasteiger partial charge in [0.05, 0.1) is 0 Å². The van der Waals surface area contributed by atoms with E-state index in [1.165, 1.54) is 19.3 Å². The lowest BCUT2D eigenvalue weighted by molar-refractivity contribution is 0.453. The van der Waals surface area contributed by atoms with Gasteiger partial charge in [0.15, 0.2) is 11.8 Å². The summed E-state index contributed by atoms with van der Waals surface area (Å²) in [6.45, 7) is 8.22. The molecule has 1 N–H and O–H groups in total. The van der Waals surface area contributed by atoms with Crippen LogP contribution < -0.4 is 5.32 Å². The largest absolute Gasteiger partial charge is 0.356 e. The molecule has 1 aromatic heterocycles. The molecule has 0 spiro atoms. The first-order valence-electron chi connectivity index (χ1n) is 9.04. The number of thioether (sulfide) groups is 1. The minimum atomic E-state index is 0. The zero-order valence-electron chi connectivity index (χ0n) is 16.7. The molecule has 0 aliphatic heterocycles. The van der Waals surface area contributed by atoms with Crippen molar-refractivity contribution in [1.82, 2.24) is 25.0 Å². The summed E-state index contributed by atoms with van der Waals surface area (Å²) in [4.78, 5) is 6.98. The maximum Gasteiger partial charge on any atom is 0.194 e. The Balaban J connectivity index is 0.00000625. The molecule has 6 nitrogen and oxygen atoms in total. The molecule has 0 bridgehead atoms. The molecule has 0 unspecified atom stereocenters. The van der Waals surface area contributed by atoms with Crippen LogP contribution in [0.2, 0.25) is 0 Å². The molecular formula is C18H35IN6S. The molecule has 150 valence electrons. The minimum Gasteiger partial charge on any atom is -0.356 e. The molecule has 1 rings (SSSR count). The van der Waals surface area contributed by atoms with E-state index >= 15 is 0 Å². The Kier molecular flexibility index (Phi) is 14.9. The number of guanidine groups is 1. The fraction of sp³-hybridized carbons (Fsp3) is 0.722. The van der Waals surface area contributed by atoms with Crippen molar-refractivity contribution in [3.8, 4) is 0 Å². The molecule has 0 radical (unpaired) electrons. The van der Waals surface area contributed by atoms with Crippen molar-refractivity contribution >= 4 is 41.7 Å². The Bertz CT molecular complexity index is 532. The summed E-state index contributed by atoms with van der Waals surface area (Å²) in [6, 6.07) is 0. The van der Waals surface area contributed by atoms with Crippen LogP contribution in [-0.2, 0) is 13.6 Å². The predicted octanol–water partition coefficient (Wildman–Crippen LogP) is 3.62. The smallest absolute Gasteiger partial charge is 0.194 e. The second-order valence-corrected chi connectivity index (χ2v) is 7.18. The minimum absolute atomic E-state index is 0. The Morgan fingerprint density at radius 2 is 2.08 bits per heavy atom. The van der Waals surface area contributed by atoms with Gasteiger partial charge in [-0.25, -0.2) is 4.99 Å². The zero-order chi connectivity index (χ0) is 18.5. The fourth-order valence-corrected chi connectivity index (χ4v) is 2.82. The number of rotatable bonds is 12. The lowest BCUT2D eigenvalue weighted by Gasteiger charge is -2.22. The Labute approximate surface area is 180 Å². The van der Waals surface area contributed by atoms with Crippen LogP contribution in [0.3, 0.4) is 0 Å². The number of unbranched alkanes of at least 4 members (excludes halogenated alkanes) is 3. The number of aryl methyl sites for hydroxylation is 1. The third kappa shape index (κ3) is 9.80. The van der Waals surface area contributed by atoms with E-state index in [2.05, 4.69) is 40.3 Å². The molecule has 0 fully saturated rings.